The predicted octanol–water partition coefficient (Wildman–Crippen LogP) is 4.78. The number of pyridine rings is 1. The van der Waals surface area contributed by atoms with E-state index >= 15 is 0 Å². The fraction of sp³-hybridized carbons (Fsp3) is 0.280. The third kappa shape index (κ3) is 6.74. The van der Waals surface area contributed by atoms with Gasteiger partial charge in [0.15, 0.2) is 11.5 Å². The molecular formula is C25H28N2O4. The number of methoxy groups -OCH3 is 1. The normalized spacial score (nSPS) is 10.4. The first-order valence-electron chi connectivity index (χ1n) is 10.4. The summed E-state index contributed by atoms with van der Waals surface area (Å²) in [4.78, 5) is 16.5. The van der Waals surface area contributed by atoms with Crippen LogP contribution in [0.25, 0.3) is 0 Å². The molecule has 0 saturated carbocycles. The Morgan fingerprint density at radius 3 is 2.42 bits per heavy atom. The minimum atomic E-state index is -0.142. The molecule has 0 aliphatic carbocycles. The van der Waals surface area contributed by atoms with Crippen molar-refractivity contribution in [3.05, 3.63) is 83.7 Å². The molecule has 6 heteroatoms. The summed E-state index contributed by atoms with van der Waals surface area (Å²) < 4.78 is 16.9. The summed E-state index contributed by atoms with van der Waals surface area (Å²) in [5.41, 5.74) is 2.53. The number of carbonyl (C=O) groups is 1. The molecule has 0 radical (unpaired) electrons. The van der Waals surface area contributed by atoms with E-state index in [-0.39, 0.29) is 5.91 Å². The van der Waals surface area contributed by atoms with Crippen molar-refractivity contribution in [1.82, 2.24) is 10.3 Å². The van der Waals surface area contributed by atoms with Gasteiger partial charge in [-0.25, -0.2) is 0 Å². The average molecular weight is 421 g/mol. The Labute approximate surface area is 183 Å². The number of hydrogen-bond donors (Lipinski definition) is 1. The molecule has 1 N–H and O–H groups in total. The Kier molecular flexibility index (Phi) is 8.29. The highest BCUT2D eigenvalue weighted by atomic mass is 16.5. The predicted molar refractivity (Wildman–Crippen MR) is 120 cm³/mol. The molecule has 3 aromatic rings. The number of nitrogens with zero attached hydrogens (tertiary/aromatic N) is 1. The molecule has 0 saturated heterocycles. The lowest BCUT2D eigenvalue weighted by atomic mass is 10.1. The van der Waals surface area contributed by atoms with Gasteiger partial charge >= 0.3 is 0 Å². The number of carbonyl (C=O) groups excluding carboxylic acids is 1. The molecule has 3 rings (SSSR count). The van der Waals surface area contributed by atoms with Crippen LogP contribution >= 0.6 is 0 Å². The van der Waals surface area contributed by atoms with E-state index in [2.05, 4.69) is 17.2 Å². The van der Waals surface area contributed by atoms with Gasteiger partial charge in [0.05, 0.1) is 13.7 Å². The van der Waals surface area contributed by atoms with E-state index in [4.69, 9.17) is 14.2 Å². The number of amides is 1. The van der Waals surface area contributed by atoms with Gasteiger partial charge in [-0.2, -0.15) is 0 Å². The van der Waals surface area contributed by atoms with E-state index in [0.29, 0.717) is 36.8 Å². The molecule has 6 nitrogen and oxygen atoms in total. The van der Waals surface area contributed by atoms with Crippen LogP contribution in [0.4, 0.5) is 0 Å². The third-order valence-electron chi connectivity index (χ3n) is 4.71. The molecule has 0 atom stereocenters. The van der Waals surface area contributed by atoms with Gasteiger partial charge in [0.2, 0.25) is 0 Å². The van der Waals surface area contributed by atoms with Gasteiger partial charge in [0, 0.05) is 24.5 Å². The fourth-order valence-electron chi connectivity index (χ4n) is 2.90. The zero-order chi connectivity index (χ0) is 21.9. The van der Waals surface area contributed by atoms with Crippen molar-refractivity contribution in [2.24, 2.45) is 0 Å². The van der Waals surface area contributed by atoms with Gasteiger partial charge in [0.25, 0.3) is 5.91 Å². The van der Waals surface area contributed by atoms with Crippen LogP contribution in [0.1, 0.15) is 41.3 Å². The van der Waals surface area contributed by atoms with Crippen LogP contribution < -0.4 is 19.5 Å². The second-order valence-electron chi connectivity index (χ2n) is 7.04. The largest absolute Gasteiger partial charge is 0.494 e. The summed E-state index contributed by atoms with van der Waals surface area (Å²) in [6.07, 6.45) is 5.56. The number of nitrogens with one attached hydrogen (secondary N) is 1. The number of ether oxygens (including phenoxy) is 3. The maximum absolute atomic E-state index is 12.5. The fourth-order valence-corrected chi connectivity index (χ4v) is 2.90. The van der Waals surface area contributed by atoms with Crippen LogP contribution in [0.5, 0.6) is 17.2 Å². The molecule has 0 aliphatic rings. The van der Waals surface area contributed by atoms with E-state index < -0.39 is 0 Å². The molecule has 2 aromatic carbocycles. The second-order valence-corrected chi connectivity index (χ2v) is 7.04. The molecule has 0 aliphatic heterocycles. The number of hydrogen-bond acceptors (Lipinski definition) is 5. The topological polar surface area (TPSA) is 69.7 Å². The lowest BCUT2D eigenvalue weighted by Crippen LogP contribution is -2.22. The maximum atomic E-state index is 12.5. The summed E-state index contributed by atoms with van der Waals surface area (Å²) in [5, 5.41) is 2.93. The first-order valence-corrected chi connectivity index (χ1v) is 10.4. The van der Waals surface area contributed by atoms with Gasteiger partial charge < -0.3 is 19.5 Å². The summed E-state index contributed by atoms with van der Waals surface area (Å²) >= 11 is 0. The minimum absolute atomic E-state index is 0.142. The quantitative estimate of drug-likeness (QED) is 0.452. The number of aromatic nitrogens is 1. The van der Waals surface area contributed by atoms with E-state index in [1.807, 2.05) is 42.5 Å². The molecule has 31 heavy (non-hydrogen) atoms. The SMILES string of the molecule is CCCCOc1ccc(C(=O)NCc2ccc(OCc3ccncc3)c(OC)c2)cc1. The first-order chi connectivity index (χ1) is 15.2. The molecule has 0 fully saturated rings. The lowest BCUT2D eigenvalue weighted by Gasteiger charge is -2.13. The lowest BCUT2D eigenvalue weighted by molar-refractivity contribution is 0.0951. The van der Waals surface area contributed by atoms with Crippen LogP contribution in [0, 0.1) is 0 Å². The van der Waals surface area contributed by atoms with E-state index in [1.165, 1.54) is 0 Å². The summed E-state index contributed by atoms with van der Waals surface area (Å²) in [5.74, 6) is 1.90. The molecule has 1 aromatic heterocycles. The van der Waals surface area contributed by atoms with Gasteiger partial charge in [-0.15, -0.1) is 0 Å². The third-order valence-corrected chi connectivity index (χ3v) is 4.71. The Morgan fingerprint density at radius 2 is 1.71 bits per heavy atom. The van der Waals surface area contributed by atoms with Gasteiger partial charge in [-0.3, -0.25) is 9.78 Å². The van der Waals surface area contributed by atoms with E-state index in [0.717, 1.165) is 29.7 Å². The second kappa shape index (κ2) is 11.6. The Balaban J connectivity index is 1.54. The van der Waals surface area contributed by atoms with Crippen LogP contribution in [-0.4, -0.2) is 24.6 Å². The molecular weight excluding hydrogens is 392 g/mol. The number of benzene rings is 2. The van der Waals surface area contributed by atoms with Crippen LogP contribution in [0.15, 0.2) is 67.0 Å². The average Bonchev–Trinajstić information content (AvgIpc) is 2.82. The van der Waals surface area contributed by atoms with Crippen molar-refractivity contribution in [3.63, 3.8) is 0 Å². The van der Waals surface area contributed by atoms with Gasteiger partial charge in [-0.1, -0.05) is 19.4 Å². The summed E-state index contributed by atoms with van der Waals surface area (Å²) in [6, 6.07) is 16.6. The molecule has 0 bridgehead atoms. The maximum Gasteiger partial charge on any atom is 0.251 e. The molecule has 162 valence electrons. The molecule has 0 unspecified atom stereocenters. The zero-order valence-electron chi connectivity index (χ0n) is 18.0. The van der Waals surface area contributed by atoms with E-state index in [9.17, 15) is 4.79 Å². The van der Waals surface area contributed by atoms with E-state index in [1.54, 1.807) is 31.6 Å². The smallest absolute Gasteiger partial charge is 0.251 e. The van der Waals surface area contributed by atoms with Gasteiger partial charge in [-0.05, 0) is 66.1 Å². The Morgan fingerprint density at radius 1 is 0.935 bits per heavy atom. The first kappa shape index (κ1) is 22.2. The van der Waals surface area contributed by atoms with Crippen molar-refractivity contribution in [1.29, 1.82) is 0 Å². The highest BCUT2D eigenvalue weighted by Gasteiger charge is 2.09. The number of rotatable bonds is 11. The highest BCUT2D eigenvalue weighted by Crippen LogP contribution is 2.29. The van der Waals surface area contributed by atoms with Crippen LogP contribution in [-0.2, 0) is 13.2 Å². The summed E-state index contributed by atoms with van der Waals surface area (Å²) in [6.45, 7) is 3.61. The minimum Gasteiger partial charge on any atom is -0.494 e. The standard InChI is InChI=1S/C25H28N2O4/c1-3-4-15-30-22-8-6-21(7-9-22)25(28)27-17-20-5-10-23(24(16-20)29-2)31-18-19-11-13-26-14-12-19/h5-14,16H,3-4,15,17-18H2,1-2H3,(H,27,28). The van der Waals surface area contributed by atoms with Crippen molar-refractivity contribution in [3.8, 4) is 17.2 Å². The Hall–Kier alpha value is -3.54. The Bertz CT molecular complexity index is 959. The van der Waals surface area contributed by atoms with Crippen molar-refractivity contribution in [2.45, 2.75) is 32.9 Å². The van der Waals surface area contributed by atoms with Crippen molar-refractivity contribution >= 4 is 5.91 Å². The van der Waals surface area contributed by atoms with Crippen LogP contribution in [0.2, 0.25) is 0 Å². The van der Waals surface area contributed by atoms with Crippen LogP contribution in [0.3, 0.4) is 0 Å². The molecule has 0 spiro atoms. The van der Waals surface area contributed by atoms with Gasteiger partial charge in [0.1, 0.15) is 12.4 Å². The zero-order valence-corrected chi connectivity index (χ0v) is 18.0. The number of unbranched alkanes of at least 4 members (excludes halogenated alkanes) is 1. The van der Waals surface area contributed by atoms with Crippen molar-refractivity contribution < 1.29 is 19.0 Å². The van der Waals surface area contributed by atoms with Crippen molar-refractivity contribution in [2.75, 3.05) is 13.7 Å². The summed E-state index contributed by atoms with van der Waals surface area (Å²) in [7, 11) is 1.60. The molecule has 1 heterocycles. The highest BCUT2D eigenvalue weighted by molar-refractivity contribution is 5.94. The molecule has 1 amide bonds. The monoisotopic (exact) mass is 420 g/mol.